The molecule has 1 fully saturated rings. The predicted octanol–water partition coefficient (Wildman–Crippen LogP) is 4.60. The lowest BCUT2D eigenvalue weighted by Gasteiger charge is -2.16. The zero-order chi connectivity index (χ0) is 21.9. The van der Waals surface area contributed by atoms with Crippen LogP contribution in [0.5, 0.6) is 0 Å². The maximum Gasteiger partial charge on any atom is 0.337 e. The molecule has 1 aliphatic heterocycles. The predicted molar refractivity (Wildman–Crippen MR) is 128 cm³/mol. The monoisotopic (exact) mass is 428 g/mol. The maximum absolute atomic E-state index is 12.0. The molecule has 0 atom stereocenters. The first-order valence-corrected chi connectivity index (χ1v) is 11.2. The number of hydrogen-bond donors (Lipinski definition) is 2. The molecular formula is C26H28N4O2. The van der Waals surface area contributed by atoms with Crippen molar-refractivity contribution in [2.24, 2.45) is 0 Å². The van der Waals surface area contributed by atoms with Crippen LogP contribution in [0.15, 0.2) is 54.6 Å². The van der Waals surface area contributed by atoms with E-state index in [4.69, 9.17) is 9.72 Å². The van der Waals surface area contributed by atoms with Crippen LogP contribution < -0.4 is 5.32 Å². The van der Waals surface area contributed by atoms with Gasteiger partial charge in [0.25, 0.3) is 0 Å². The molecule has 0 bridgehead atoms. The molecule has 5 rings (SSSR count). The smallest absolute Gasteiger partial charge is 0.337 e. The molecule has 2 aromatic carbocycles. The van der Waals surface area contributed by atoms with E-state index in [1.165, 1.54) is 38.6 Å². The first-order chi connectivity index (χ1) is 15.7. The highest BCUT2D eigenvalue weighted by atomic mass is 16.5. The van der Waals surface area contributed by atoms with Gasteiger partial charge in [0.2, 0.25) is 0 Å². The zero-order valence-corrected chi connectivity index (χ0v) is 18.4. The van der Waals surface area contributed by atoms with E-state index in [2.05, 4.69) is 45.5 Å². The van der Waals surface area contributed by atoms with Gasteiger partial charge in [0.1, 0.15) is 5.82 Å². The molecule has 2 N–H and O–H groups in total. The second-order valence-corrected chi connectivity index (χ2v) is 8.40. The number of aromatic amines is 1. The van der Waals surface area contributed by atoms with E-state index < -0.39 is 0 Å². The minimum absolute atomic E-state index is 0.336. The van der Waals surface area contributed by atoms with Crippen molar-refractivity contribution in [2.75, 3.05) is 38.6 Å². The summed E-state index contributed by atoms with van der Waals surface area (Å²) >= 11 is 0. The van der Waals surface area contributed by atoms with E-state index in [1.54, 1.807) is 0 Å². The van der Waals surface area contributed by atoms with Gasteiger partial charge in [-0.3, -0.25) is 0 Å². The first kappa shape index (κ1) is 20.5. The molecule has 0 amide bonds. The number of esters is 1. The Morgan fingerprint density at radius 2 is 1.91 bits per heavy atom. The first-order valence-electron chi connectivity index (χ1n) is 11.2. The quantitative estimate of drug-likeness (QED) is 0.421. The van der Waals surface area contributed by atoms with Crippen LogP contribution in [0.4, 0.5) is 5.82 Å². The number of anilines is 1. The second kappa shape index (κ2) is 9.01. The summed E-state index contributed by atoms with van der Waals surface area (Å²) in [5, 5.41) is 5.72. The van der Waals surface area contributed by atoms with Crippen LogP contribution in [0.25, 0.3) is 21.8 Å². The van der Waals surface area contributed by atoms with E-state index in [9.17, 15) is 4.79 Å². The highest BCUT2D eigenvalue weighted by molar-refractivity contribution is 6.13. The van der Waals surface area contributed by atoms with Gasteiger partial charge < -0.3 is 19.9 Å². The van der Waals surface area contributed by atoms with E-state index in [-0.39, 0.29) is 5.97 Å². The Balaban J connectivity index is 1.53. The van der Waals surface area contributed by atoms with Gasteiger partial charge in [-0.05, 0) is 49.7 Å². The maximum atomic E-state index is 12.0. The molecular weight excluding hydrogens is 400 g/mol. The third kappa shape index (κ3) is 4.18. The zero-order valence-electron chi connectivity index (χ0n) is 18.4. The van der Waals surface area contributed by atoms with Crippen molar-refractivity contribution in [3.05, 3.63) is 71.4 Å². The Bertz CT molecular complexity index is 1240. The molecule has 0 aliphatic carbocycles. The minimum Gasteiger partial charge on any atom is -0.465 e. The third-order valence-corrected chi connectivity index (χ3v) is 6.20. The van der Waals surface area contributed by atoms with Crippen molar-refractivity contribution in [1.82, 2.24) is 14.9 Å². The van der Waals surface area contributed by atoms with Gasteiger partial charge in [-0.15, -0.1) is 0 Å². The number of fused-ring (bicyclic) bond motifs is 3. The van der Waals surface area contributed by atoms with Crippen LogP contribution in [0, 0.1) is 0 Å². The highest BCUT2D eigenvalue weighted by Crippen LogP contribution is 2.32. The molecule has 6 heteroatoms. The third-order valence-electron chi connectivity index (χ3n) is 6.20. The summed E-state index contributed by atoms with van der Waals surface area (Å²) in [7, 11) is 1.40. The van der Waals surface area contributed by atoms with Crippen LogP contribution in [0.3, 0.4) is 0 Å². The Morgan fingerprint density at radius 1 is 1.09 bits per heavy atom. The normalized spacial score (nSPS) is 14.3. The Morgan fingerprint density at radius 3 is 2.69 bits per heavy atom. The van der Waals surface area contributed by atoms with Crippen molar-refractivity contribution in [2.45, 2.75) is 19.3 Å². The van der Waals surface area contributed by atoms with E-state index in [0.29, 0.717) is 5.56 Å². The standard InChI is InChI=1S/C26H28N4O2/c1-32-26(31)19-9-10-21-22(16-19)29-23-17-20(15-18-7-3-2-4-8-18)28-25(24(21)23)27-11-14-30-12-5-6-13-30/h2-4,7-10,16-17,29H,5-6,11-15H2,1H3,(H,27,28). The van der Waals surface area contributed by atoms with E-state index in [0.717, 1.165) is 52.8 Å². The Hall–Kier alpha value is -3.38. The second-order valence-electron chi connectivity index (χ2n) is 8.40. The van der Waals surface area contributed by atoms with Gasteiger partial charge in [-0.1, -0.05) is 36.4 Å². The number of aromatic nitrogens is 2. The number of hydrogen-bond acceptors (Lipinski definition) is 5. The van der Waals surface area contributed by atoms with Crippen molar-refractivity contribution in [1.29, 1.82) is 0 Å². The number of carbonyl (C=O) groups is 1. The molecule has 2 aromatic heterocycles. The SMILES string of the molecule is COC(=O)c1ccc2c(c1)[nH]c1cc(Cc3ccccc3)nc(NCCN3CCCC3)c12. The summed E-state index contributed by atoms with van der Waals surface area (Å²) in [6.45, 7) is 4.23. The number of nitrogens with one attached hydrogen (secondary N) is 2. The summed E-state index contributed by atoms with van der Waals surface area (Å²) in [5.74, 6) is 0.558. The van der Waals surface area contributed by atoms with Gasteiger partial charge in [0.15, 0.2) is 0 Å². The molecule has 1 saturated heterocycles. The number of benzene rings is 2. The van der Waals surface area contributed by atoms with Gasteiger partial charge in [-0.2, -0.15) is 0 Å². The fraction of sp³-hybridized carbons (Fsp3) is 0.308. The molecule has 32 heavy (non-hydrogen) atoms. The van der Waals surface area contributed by atoms with Crippen LogP contribution in [0.2, 0.25) is 0 Å². The van der Waals surface area contributed by atoms with Crippen molar-refractivity contribution in [3.63, 3.8) is 0 Å². The number of ether oxygens (including phenoxy) is 1. The number of methoxy groups -OCH3 is 1. The molecule has 1 aliphatic rings. The summed E-state index contributed by atoms with van der Waals surface area (Å²) in [6.07, 6.45) is 3.35. The summed E-state index contributed by atoms with van der Waals surface area (Å²) in [6, 6.07) is 18.2. The minimum atomic E-state index is -0.336. The summed E-state index contributed by atoms with van der Waals surface area (Å²) in [5.41, 5.74) is 4.70. The van der Waals surface area contributed by atoms with Crippen molar-refractivity contribution < 1.29 is 9.53 Å². The number of pyridine rings is 1. The Labute approximate surface area is 187 Å². The van der Waals surface area contributed by atoms with Crippen LogP contribution in [-0.2, 0) is 11.2 Å². The van der Waals surface area contributed by atoms with Crippen LogP contribution >= 0.6 is 0 Å². The average molecular weight is 429 g/mol. The lowest BCUT2D eigenvalue weighted by Crippen LogP contribution is -2.26. The molecule has 0 saturated carbocycles. The van der Waals surface area contributed by atoms with Crippen molar-refractivity contribution >= 4 is 33.6 Å². The molecule has 164 valence electrons. The van der Waals surface area contributed by atoms with Gasteiger partial charge in [-0.25, -0.2) is 9.78 Å². The topological polar surface area (TPSA) is 70.2 Å². The van der Waals surface area contributed by atoms with Gasteiger partial charge in [0.05, 0.1) is 18.2 Å². The van der Waals surface area contributed by atoms with Crippen LogP contribution in [-0.4, -0.2) is 54.1 Å². The number of likely N-dealkylation sites (tertiary alicyclic amines) is 1. The average Bonchev–Trinajstić information content (AvgIpc) is 3.46. The lowest BCUT2D eigenvalue weighted by atomic mass is 10.1. The number of carbonyl (C=O) groups excluding carboxylic acids is 1. The summed E-state index contributed by atoms with van der Waals surface area (Å²) < 4.78 is 4.89. The fourth-order valence-corrected chi connectivity index (χ4v) is 4.59. The molecule has 0 spiro atoms. The number of H-pyrrole nitrogens is 1. The van der Waals surface area contributed by atoms with Gasteiger partial charge >= 0.3 is 5.97 Å². The van der Waals surface area contributed by atoms with E-state index >= 15 is 0 Å². The van der Waals surface area contributed by atoms with Crippen LogP contribution in [0.1, 0.15) is 34.5 Å². The molecule has 4 aromatic rings. The molecule has 6 nitrogen and oxygen atoms in total. The summed E-state index contributed by atoms with van der Waals surface area (Å²) in [4.78, 5) is 23.0. The number of nitrogens with zero attached hydrogens (tertiary/aromatic N) is 2. The van der Waals surface area contributed by atoms with E-state index in [1.807, 2.05) is 24.3 Å². The highest BCUT2D eigenvalue weighted by Gasteiger charge is 2.16. The fourth-order valence-electron chi connectivity index (χ4n) is 4.59. The molecule has 0 unspecified atom stereocenters. The van der Waals surface area contributed by atoms with Gasteiger partial charge in [0, 0.05) is 41.5 Å². The lowest BCUT2D eigenvalue weighted by molar-refractivity contribution is 0.0601. The largest absolute Gasteiger partial charge is 0.465 e. The van der Waals surface area contributed by atoms with Crippen molar-refractivity contribution in [3.8, 4) is 0 Å². The molecule has 3 heterocycles. The molecule has 0 radical (unpaired) electrons. The Kier molecular flexibility index (Phi) is 5.77. The number of rotatable bonds is 7.